The number of amides is 2. The Kier molecular flexibility index (Phi) is 8.67. The standard InChI is InChI=1S/C20H22BrClN2O2S/c1-3-23-20(26)14(2)24(12-15-4-6-16(21)7-5-15)19(25)13-27-18-10-8-17(22)9-11-18/h4-11,14H,3,12-13H2,1-2H3,(H,23,26)/t14-/m0/s1. The zero-order valence-corrected chi connectivity index (χ0v) is 18.4. The number of halogens is 2. The Balaban J connectivity index is 2.11. The third-order valence-electron chi connectivity index (χ3n) is 3.96. The van der Waals surface area contributed by atoms with Crippen molar-refractivity contribution in [2.75, 3.05) is 12.3 Å². The third kappa shape index (κ3) is 6.87. The highest BCUT2D eigenvalue weighted by molar-refractivity contribution is 9.10. The molecule has 0 saturated carbocycles. The van der Waals surface area contributed by atoms with Gasteiger partial charge in [-0.3, -0.25) is 9.59 Å². The second kappa shape index (κ2) is 10.7. The second-order valence-electron chi connectivity index (χ2n) is 5.96. The van der Waals surface area contributed by atoms with Crippen LogP contribution in [0.25, 0.3) is 0 Å². The first-order valence-electron chi connectivity index (χ1n) is 8.60. The number of hydrogen-bond donors (Lipinski definition) is 1. The van der Waals surface area contributed by atoms with E-state index < -0.39 is 6.04 Å². The van der Waals surface area contributed by atoms with Crippen molar-refractivity contribution in [3.63, 3.8) is 0 Å². The molecule has 0 unspecified atom stereocenters. The van der Waals surface area contributed by atoms with E-state index in [2.05, 4.69) is 21.2 Å². The summed E-state index contributed by atoms with van der Waals surface area (Å²) in [6.45, 7) is 4.53. The molecule has 0 aliphatic heterocycles. The summed E-state index contributed by atoms with van der Waals surface area (Å²) in [6.07, 6.45) is 0. The molecule has 0 heterocycles. The normalized spacial score (nSPS) is 11.7. The van der Waals surface area contributed by atoms with E-state index in [1.807, 2.05) is 43.3 Å². The predicted octanol–water partition coefficient (Wildman–Crippen LogP) is 4.75. The Labute approximate surface area is 177 Å². The maximum Gasteiger partial charge on any atom is 0.242 e. The molecular weight excluding hydrogens is 448 g/mol. The average Bonchev–Trinajstić information content (AvgIpc) is 2.66. The third-order valence-corrected chi connectivity index (χ3v) is 5.74. The molecule has 0 aliphatic carbocycles. The van der Waals surface area contributed by atoms with E-state index in [4.69, 9.17) is 11.6 Å². The van der Waals surface area contributed by atoms with Crippen LogP contribution in [0.2, 0.25) is 5.02 Å². The van der Waals surface area contributed by atoms with Crippen LogP contribution in [0.4, 0.5) is 0 Å². The molecule has 27 heavy (non-hydrogen) atoms. The van der Waals surface area contributed by atoms with Gasteiger partial charge in [-0.2, -0.15) is 0 Å². The van der Waals surface area contributed by atoms with Gasteiger partial charge < -0.3 is 10.2 Å². The Bertz CT molecular complexity index is 769. The summed E-state index contributed by atoms with van der Waals surface area (Å²) >= 11 is 10.7. The van der Waals surface area contributed by atoms with E-state index in [0.29, 0.717) is 18.1 Å². The van der Waals surface area contributed by atoms with Gasteiger partial charge in [0.25, 0.3) is 0 Å². The number of thioether (sulfide) groups is 1. The molecule has 0 spiro atoms. The van der Waals surface area contributed by atoms with E-state index in [9.17, 15) is 9.59 Å². The second-order valence-corrected chi connectivity index (χ2v) is 8.36. The predicted molar refractivity (Wildman–Crippen MR) is 115 cm³/mol. The zero-order valence-electron chi connectivity index (χ0n) is 15.2. The van der Waals surface area contributed by atoms with Crippen LogP contribution in [0, 0.1) is 0 Å². The molecule has 1 atom stereocenters. The van der Waals surface area contributed by atoms with Crippen molar-refractivity contribution in [3.8, 4) is 0 Å². The fraction of sp³-hybridized carbons (Fsp3) is 0.300. The van der Waals surface area contributed by atoms with Gasteiger partial charge in [-0.25, -0.2) is 0 Å². The molecule has 0 fully saturated rings. The molecule has 144 valence electrons. The summed E-state index contributed by atoms with van der Waals surface area (Å²) < 4.78 is 0.971. The van der Waals surface area contributed by atoms with Gasteiger partial charge in [-0.05, 0) is 55.8 Å². The Morgan fingerprint density at radius 1 is 1.15 bits per heavy atom. The number of nitrogens with one attached hydrogen (secondary N) is 1. The largest absolute Gasteiger partial charge is 0.355 e. The highest BCUT2D eigenvalue weighted by Crippen LogP contribution is 2.22. The van der Waals surface area contributed by atoms with Gasteiger partial charge in [0.2, 0.25) is 11.8 Å². The van der Waals surface area contributed by atoms with Crippen LogP contribution in [-0.2, 0) is 16.1 Å². The lowest BCUT2D eigenvalue weighted by Crippen LogP contribution is -2.48. The number of benzene rings is 2. The van der Waals surface area contributed by atoms with E-state index in [0.717, 1.165) is 14.9 Å². The zero-order chi connectivity index (χ0) is 19.8. The highest BCUT2D eigenvalue weighted by atomic mass is 79.9. The minimum Gasteiger partial charge on any atom is -0.355 e. The van der Waals surface area contributed by atoms with Crippen molar-refractivity contribution >= 4 is 51.1 Å². The minimum absolute atomic E-state index is 0.0865. The maximum atomic E-state index is 12.9. The minimum atomic E-state index is -0.549. The molecule has 0 aliphatic rings. The molecule has 2 amide bonds. The summed E-state index contributed by atoms with van der Waals surface area (Å²) in [4.78, 5) is 27.8. The van der Waals surface area contributed by atoms with Gasteiger partial charge in [0.1, 0.15) is 6.04 Å². The summed E-state index contributed by atoms with van der Waals surface area (Å²) in [5.41, 5.74) is 0.971. The van der Waals surface area contributed by atoms with E-state index in [-0.39, 0.29) is 17.6 Å². The lowest BCUT2D eigenvalue weighted by molar-refractivity contribution is -0.138. The highest BCUT2D eigenvalue weighted by Gasteiger charge is 2.25. The van der Waals surface area contributed by atoms with Crippen molar-refractivity contribution in [1.29, 1.82) is 0 Å². The molecule has 0 radical (unpaired) electrons. The van der Waals surface area contributed by atoms with Crippen LogP contribution in [0.1, 0.15) is 19.4 Å². The first-order chi connectivity index (χ1) is 12.9. The molecule has 7 heteroatoms. The van der Waals surface area contributed by atoms with E-state index in [1.54, 1.807) is 24.0 Å². The van der Waals surface area contributed by atoms with Crippen LogP contribution >= 0.6 is 39.3 Å². The van der Waals surface area contributed by atoms with Crippen LogP contribution in [-0.4, -0.2) is 35.1 Å². The molecule has 0 bridgehead atoms. The van der Waals surface area contributed by atoms with Gasteiger partial charge in [0, 0.05) is 27.5 Å². The van der Waals surface area contributed by atoms with Gasteiger partial charge in [0.15, 0.2) is 0 Å². The number of nitrogens with zero attached hydrogens (tertiary/aromatic N) is 1. The van der Waals surface area contributed by atoms with Crippen molar-refractivity contribution in [3.05, 3.63) is 63.6 Å². The summed E-state index contributed by atoms with van der Waals surface area (Å²) in [5, 5.41) is 3.45. The quantitative estimate of drug-likeness (QED) is 0.568. The summed E-state index contributed by atoms with van der Waals surface area (Å²) in [7, 11) is 0. The SMILES string of the molecule is CCNC(=O)[C@H](C)N(Cc1ccc(Br)cc1)C(=O)CSc1ccc(Cl)cc1. The van der Waals surface area contributed by atoms with Gasteiger partial charge >= 0.3 is 0 Å². The first-order valence-corrected chi connectivity index (χ1v) is 10.8. The Hall–Kier alpha value is -1.50. The van der Waals surface area contributed by atoms with Gasteiger partial charge in [-0.1, -0.05) is 39.7 Å². The molecule has 2 aromatic carbocycles. The fourth-order valence-corrected chi connectivity index (χ4v) is 3.62. The molecular formula is C20H22BrClN2O2S. The molecule has 4 nitrogen and oxygen atoms in total. The Morgan fingerprint density at radius 3 is 2.37 bits per heavy atom. The smallest absolute Gasteiger partial charge is 0.242 e. The fourth-order valence-electron chi connectivity index (χ4n) is 2.45. The van der Waals surface area contributed by atoms with Crippen molar-refractivity contribution in [2.24, 2.45) is 0 Å². The topological polar surface area (TPSA) is 49.4 Å². The molecule has 2 aromatic rings. The lowest BCUT2D eigenvalue weighted by atomic mass is 10.1. The first kappa shape index (κ1) is 21.8. The van der Waals surface area contributed by atoms with E-state index >= 15 is 0 Å². The Morgan fingerprint density at radius 2 is 1.78 bits per heavy atom. The van der Waals surface area contributed by atoms with E-state index in [1.165, 1.54) is 11.8 Å². The number of hydrogen-bond acceptors (Lipinski definition) is 3. The number of carbonyl (C=O) groups is 2. The number of rotatable bonds is 8. The van der Waals surface area contributed by atoms with Crippen LogP contribution < -0.4 is 5.32 Å². The molecule has 0 aromatic heterocycles. The summed E-state index contributed by atoms with van der Waals surface area (Å²) in [5.74, 6) is 0.0121. The summed E-state index contributed by atoms with van der Waals surface area (Å²) in [6, 6.07) is 14.6. The molecule has 1 N–H and O–H groups in total. The van der Waals surface area contributed by atoms with Crippen molar-refractivity contribution in [2.45, 2.75) is 31.3 Å². The lowest BCUT2D eigenvalue weighted by Gasteiger charge is -2.28. The molecule has 2 rings (SSSR count). The van der Waals surface area contributed by atoms with Crippen LogP contribution in [0.3, 0.4) is 0 Å². The van der Waals surface area contributed by atoms with Gasteiger partial charge in [0.05, 0.1) is 5.75 Å². The average molecular weight is 470 g/mol. The van der Waals surface area contributed by atoms with Crippen molar-refractivity contribution in [1.82, 2.24) is 10.2 Å². The van der Waals surface area contributed by atoms with Crippen molar-refractivity contribution < 1.29 is 9.59 Å². The monoisotopic (exact) mass is 468 g/mol. The van der Waals surface area contributed by atoms with Crippen LogP contribution in [0.5, 0.6) is 0 Å². The maximum absolute atomic E-state index is 12.9. The van der Waals surface area contributed by atoms with Crippen LogP contribution in [0.15, 0.2) is 57.9 Å². The number of carbonyl (C=O) groups excluding carboxylic acids is 2. The van der Waals surface area contributed by atoms with Gasteiger partial charge in [-0.15, -0.1) is 11.8 Å². The number of likely N-dealkylation sites (N-methyl/N-ethyl adjacent to an activating group) is 1. The molecule has 0 saturated heterocycles.